The SMILES string of the molecule is O=P(OCc1ccccc1)(OCc1ccccc1)O[C@H]1C[C@H](O)[C@H](O)[C@H](OCc2ccccc2)C[C@@H]1OCc1ccccc1. The first kappa shape index (κ1) is 32.2. The standard InChI is InChI=1S/C35H39O8P/c36-31-21-33(43-44(38,41-25-29-17-9-3-10-18-29)42-26-30-19-11-4-12-20-30)32(39-23-27-13-5-1-6-14-27)22-34(35(31)37)40-24-28-15-7-2-8-16-28/h1-20,31-37H,21-26H2/t31-,32-,33-,34+,35-/m0/s1. The lowest BCUT2D eigenvalue weighted by atomic mass is 10.1. The van der Waals surface area contributed by atoms with Gasteiger partial charge in [0, 0.05) is 12.8 Å². The summed E-state index contributed by atoms with van der Waals surface area (Å²) in [6, 6.07) is 37.9. The smallest absolute Gasteiger partial charge is 0.390 e. The molecule has 0 bridgehead atoms. The number of ether oxygens (including phenoxy) is 2. The summed E-state index contributed by atoms with van der Waals surface area (Å²) in [6.45, 7) is 0.459. The fourth-order valence-corrected chi connectivity index (χ4v) is 6.39. The van der Waals surface area contributed by atoms with Crippen LogP contribution in [0.1, 0.15) is 35.1 Å². The fourth-order valence-electron chi connectivity index (χ4n) is 5.02. The third kappa shape index (κ3) is 9.66. The third-order valence-corrected chi connectivity index (χ3v) is 8.89. The molecule has 0 saturated heterocycles. The Balaban J connectivity index is 1.37. The van der Waals surface area contributed by atoms with Gasteiger partial charge in [0.05, 0.1) is 50.8 Å². The lowest BCUT2D eigenvalue weighted by molar-refractivity contribution is -0.103. The molecule has 0 radical (unpaired) electrons. The lowest BCUT2D eigenvalue weighted by Gasteiger charge is -2.30. The first-order chi connectivity index (χ1) is 21.5. The number of benzene rings is 4. The summed E-state index contributed by atoms with van der Waals surface area (Å²) in [7, 11) is -4.21. The molecule has 0 heterocycles. The Morgan fingerprint density at radius 1 is 0.523 bits per heavy atom. The van der Waals surface area contributed by atoms with Gasteiger partial charge in [0.2, 0.25) is 0 Å². The van der Waals surface area contributed by atoms with Gasteiger partial charge in [0.25, 0.3) is 0 Å². The van der Waals surface area contributed by atoms with Gasteiger partial charge in [-0.2, -0.15) is 0 Å². The maximum atomic E-state index is 14.2. The van der Waals surface area contributed by atoms with Crippen LogP contribution in [0.25, 0.3) is 0 Å². The van der Waals surface area contributed by atoms with E-state index >= 15 is 0 Å². The van der Waals surface area contributed by atoms with Crippen LogP contribution in [0.3, 0.4) is 0 Å². The van der Waals surface area contributed by atoms with Crippen LogP contribution in [0.15, 0.2) is 121 Å². The Bertz CT molecular complexity index is 1380. The lowest BCUT2D eigenvalue weighted by Crippen LogP contribution is -2.38. The van der Waals surface area contributed by atoms with Gasteiger partial charge < -0.3 is 19.7 Å². The molecule has 232 valence electrons. The minimum atomic E-state index is -4.21. The molecule has 0 amide bonds. The van der Waals surface area contributed by atoms with Crippen molar-refractivity contribution in [2.24, 2.45) is 0 Å². The van der Waals surface area contributed by atoms with Crippen molar-refractivity contribution in [1.29, 1.82) is 0 Å². The van der Waals surface area contributed by atoms with Gasteiger partial charge in [-0.15, -0.1) is 0 Å². The minimum Gasteiger partial charge on any atom is -0.390 e. The second kappa shape index (κ2) is 16.2. The molecule has 8 nitrogen and oxygen atoms in total. The number of phosphoric acid groups is 1. The summed E-state index contributed by atoms with van der Waals surface area (Å²) in [4.78, 5) is 0. The van der Waals surface area contributed by atoms with Crippen molar-refractivity contribution in [3.63, 3.8) is 0 Å². The zero-order valence-corrected chi connectivity index (χ0v) is 25.4. The predicted octanol–water partition coefficient (Wildman–Crippen LogP) is 6.60. The van der Waals surface area contributed by atoms with Crippen molar-refractivity contribution in [3.05, 3.63) is 144 Å². The van der Waals surface area contributed by atoms with E-state index in [-0.39, 0.29) is 39.3 Å². The number of hydrogen-bond acceptors (Lipinski definition) is 8. The molecule has 0 aromatic heterocycles. The summed E-state index contributed by atoms with van der Waals surface area (Å²) in [5.41, 5.74) is 3.45. The van der Waals surface area contributed by atoms with E-state index in [0.717, 1.165) is 22.3 Å². The van der Waals surface area contributed by atoms with E-state index in [1.54, 1.807) is 0 Å². The normalized spacial score (nSPS) is 22.4. The Morgan fingerprint density at radius 2 is 0.909 bits per heavy atom. The van der Waals surface area contributed by atoms with Crippen molar-refractivity contribution in [1.82, 2.24) is 0 Å². The zero-order valence-electron chi connectivity index (χ0n) is 24.5. The number of aliphatic hydroxyl groups is 2. The number of rotatable bonds is 14. The van der Waals surface area contributed by atoms with Crippen molar-refractivity contribution in [2.75, 3.05) is 0 Å². The highest BCUT2D eigenvalue weighted by molar-refractivity contribution is 7.48. The maximum Gasteiger partial charge on any atom is 0.475 e. The summed E-state index contributed by atoms with van der Waals surface area (Å²) in [5, 5.41) is 22.2. The van der Waals surface area contributed by atoms with E-state index < -0.39 is 38.3 Å². The molecule has 4 aromatic rings. The van der Waals surface area contributed by atoms with Crippen LogP contribution in [0.2, 0.25) is 0 Å². The Labute approximate surface area is 258 Å². The van der Waals surface area contributed by atoms with Crippen molar-refractivity contribution >= 4 is 7.82 Å². The highest BCUT2D eigenvalue weighted by Gasteiger charge is 2.44. The average Bonchev–Trinajstić information content (AvgIpc) is 3.18. The molecule has 44 heavy (non-hydrogen) atoms. The molecule has 0 aliphatic heterocycles. The van der Waals surface area contributed by atoms with Crippen LogP contribution in [0.4, 0.5) is 0 Å². The Hall–Kier alpha value is -3.17. The predicted molar refractivity (Wildman–Crippen MR) is 166 cm³/mol. The summed E-state index contributed by atoms with van der Waals surface area (Å²) < 4.78 is 44.6. The number of phosphoric ester groups is 1. The quantitative estimate of drug-likeness (QED) is 0.120. The molecular formula is C35H39O8P. The van der Waals surface area contributed by atoms with E-state index in [9.17, 15) is 14.8 Å². The molecular weight excluding hydrogens is 579 g/mol. The topological polar surface area (TPSA) is 104 Å². The Kier molecular flexibility index (Phi) is 11.9. The molecule has 9 heteroatoms. The van der Waals surface area contributed by atoms with Crippen molar-refractivity contribution < 1.29 is 37.8 Å². The molecule has 0 spiro atoms. The molecule has 2 N–H and O–H groups in total. The van der Waals surface area contributed by atoms with Crippen LogP contribution in [0, 0.1) is 0 Å². The molecule has 1 fully saturated rings. The first-order valence-electron chi connectivity index (χ1n) is 14.8. The van der Waals surface area contributed by atoms with E-state index in [1.165, 1.54) is 0 Å². The summed E-state index contributed by atoms with van der Waals surface area (Å²) in [5.74, 6) is 0. The van der Waals surface area contributed by atoms with Crippen LogP contribution in [0.5, 0.6) is 0 Å². The van der Waals surface area contributed by atoms with Gasteiger partial charge in [-0.3, -0.25) is 13.6 Å². The van der Waals surface area contributed by atoms with E-state index in [0.29, 0.717) is 0 Å². The molecule has 4 aromatic carbocycles. The zero-order chi connectivity index (χ0) is 30.6. The van der Waals surface area contributed by atoms with E-state index in [4.69, 9.17) is 23.0 Å². The highest BCUT2D eigenvalue weighted by atomic mass is 31.2. The van der Waals surface area contributed by atoms with E-state index in [1.807, 2.05) is 121 Å². The van der Waals surface area contributed by atoms with E-state index in [2.05, 4.69) is 0 Å². The summed E-state index contributed by atoms with van der Waals surface area (Å²) >= 11 is 0. The molecule has 5 rings (SSSR count). The van der Waals surface area contributed by atoms with Gasteiger partial charge in [0.15, 0.2) is 0 Å². The molecule has 1 aliphatic rings. The highest BCUT2D eigenvalue weighted by Crippen LogP contribution is 2.53. The second-order valence-electron chi connectivity index (χ2n) is 10.8. The minimum absolute atomic E-state index is 0.0108. The van der Waals surface area contributed by atoms with Gasteiger partial charge in [-0.25, -0.2) is 4.57 Å². The fraction of sp³-hybridized carbons (Fsp3) is 0.314. The van der Waals surface area contributed by atoms with Crippen LogP contribution >= 0.6 is 7.82 Å². The number of hydrogen-bond donors (Lipinski definition) is 2. The second-order valence-corrected chi connectivity index (χ2v) is 12.4. The Morgan fingerprint density at radius 3 is 1.34 bits per heavy atom. The molecule has 5 atom stereocenters. The largest absolute Gasteiger partial charge is 0.475 e. The third-order valence-electron chi connectivity index (χ3n) is 7.47. The molecule has 1 saturated carbocycles. The monoisotopic (exact) mass is 618 g/mol. The number of aliphatic hydroxyl groups excluding tert-OH is 2. The van der Waals surface area contributed by atoms with Crippen molar-refractivity contribution in [3.8, 4) is 0 Å². The van der Waals surface area contributed by atoms with Crippen LogP contribution in [-0.2, 0) is 54.0 Å². The van der Waals surface area contributed by atoms with Gasteiger partial charge >= 0.3 is 7.82 Å². The van der Waals surface area contributed by atoms with Gasteiger partial charge in [-0.05, 0) is 22.3 Å². The van der Waals surface area contributed by atoms with Crippen LogP contribution in [-0.4, -0.2) is 40.7 Å². The van der Waals surface area contributed by atoms with Gasteiger partial charge in [-0.1, -0.05) is 121 Å². The van der Waals surface area contributed by atoms with Crippen molar-refractivity contribution in [2.45, 2.75) is 69.8 Å². The molecule has 1 aliphatic carbocycles. The first-order valence-corrected chi connectivity index (χ1v) is 16.3. The molecule has 0 unspecified atom stereocenters. The van der Waals surface area contributed by atoms with Crippen LogP contribution < -0.4 is 0 Å². The summed E-state index contributed by atoms with van der Waals surface area (Å²) in [6.07, 6.45) is -4.76. The average molecular weight is 619 g/mol. The maximum absolute atomic E-state index is 14.2. The van der Waals surface area contributed by atoms with Gasteiger partial charge in [0.1, 0.15) is 6.10 Å².